The van der Waals surface area contributed by atoms with Crippen LogP contribution in [-0.4, -0.2) is 0 Å². The SMILES string of the molecule is CC1=CCC(c2ccccc2)N=N1. The molecule has 0 saturated heterocycles. The van der Waals surface area contributed by atoms with E-state index < -0.39 is 0 Å². The van der Waals surface area contributed by atoms with Crippen LogP contribution in [0.3, 0.4) is 0 Å². The molecule has 0 radical (unpaired) electrons. The Bertz CT molecular complexity index is 338. The first-order chi connectivity index (χ1) is 6.36. The van der Waals surface area contributed by atoms with Gasteiger partial charge in [-0.05, 0) is 18.9 Å². The summed E-state index contributed by atoms with van der Waals surface area (Å²) >= 11 is 0. The number of hydrogen-bond acceptors (Lipinski definition) is 2. The van der Waals surface area contributed by atoms with E-state index in [-0.39, 0.29) is 6.04 Å². The van der Waals surface area contributed by atoms with Crippen LogP contribution >= 0.6 is 0 Å². The van der Waals surface area contributed by atoms with E-state index in [1.165, 1.54) is 5.56 Å². The lowest BCUT2D eigenvalue weighted by atomic mass is 10.0. The van der Waals surface area contributed by atoms with Crippen molar-refractivity contribution in [1.82, 2.24) is 0 Å². The highest BCUT2D eigenvalue weighted by atomic mass is 15.1. The van der Waals surface area contributed by atoms with Gasteiger partial charge in [-0.3, -0.25) is 0 Å². The van der Waals surface area contributed by atoms with Crippen molar-refractivity contribution < 1.29 is 0 Å². The first kappa shape index (κ1) is 8.17. The second-order valence-electron chi connectivity index (χ2n) is 3.22. The van der Waals surface area contributed by atoms with Crippen LogP contribution in [-0.2, 0) is 0 Å². The molecule has 2 nitrogen and oxygen atoms in total. The molecule has 0 aliphatic carbocycles. The third kappa shape index (κ3) is 1.83. The van der Waals surface area contributed by atoms with E-state index >= 15 is 0 Å². The highest BCUT2D eigenvalue weighted by Crippen LogP contribution is 2.26. The molecular formula is C11H12N2. The number of rotatable bonds is 1. The fourth-order valence-electron chi connectivity index (χ4n) is 1.41. The number of hydrogen-bond donors (Lipinski definition) is 0. The van der Waals surface area contributed by atoms with Gasteiger partial charge in [0.2, 0.25) is 0 Å². The Kier molecular flexibility index (Phi) is 2.21. The van der Waals surface area contributed by atoms with Crippen LogP contribution in [0.4, 0.5) is 0 Å². The summed E-state index contributed by atoms with van der Waals surface area (Å²) in [6.07, 6.45) is 3.10. The molecule has 2 rings (SSSR count). The topological polar surface area (TPSA) is 24.7 Å². The highest BCUT2D eigenvalue weighted by Gasteiger charge is 2.10. The van der Waals surface area contributed by atoms with E-state index in [4.69, 9.17) is 0 Å². The molecule has 1 aromatic carbocycles. The van der Waals surface area contributed by atoms with Crippen LogP contribution in [0.1, 0.15) is 24.9 Å². The van der Waals surface area contributed by atoms with Crippen LogP contribution in [0.5, 0.6) is 0 Å². The van der Waals surface area contributed by atoms with Crippen molar-refractivity contribution >= 4 is 0 Å². The van der Waals surface area contributed by atoms with Crippen molar-refractivity contribution in [1.29, 1.82) is 0 Å². The van der Waals surface area contributed by atoms with Gasteiger partial charge >= 0.3 is 0 Å². The molecule has 13 heavy (non-hydrogen) atoms. The average molecular weight is 172 g/mol. The van der Waals surface area contributed by atoms with E-state index in [0.29, 0.717) is 0 Å². The summed E-state index contributed by atoms with van der Waals surface area (Å²) in [4.78, 5) is 0. The number of benzene rings is 1. The molecule has 0 saturated carbocycles. The van der Waals surface area contributed by atoms with Crippen LogP contribution < -0.4 is 0 Å². The maximum Gasteiger partial charge on any atom is 0.0997 e. The fraction of sp³-hybridized carbons (Fsp3) is 0.273. The van der Waals surface area contributed by atoms with Crippen LogP contribution in [0.15, 0.2) is 52.3 Å². The summed E-state index contributed by atoms with van der Waals surface area (Å²) in [5.41, 5.74) is 2.27. The van der Waals surface area contributed by atoms with Gasteiger partial charge in [-0.15, -0.1) is 0 Å². The summed E-state index contributed by atoms with van der Waals surface area (Å²) in [5.74, 6) is 0. The maximum atomic E-state index is 4.24. The minimum atomic E-state index is 0.227. The molecule has 2 heteroatoms. The van der Waals surface area contributed by atoms with Gasteiger partial charge < -0.3 is 0 Å². The molecule has 1 unspecified atom stereocenters. The van der Waals surface area contributed by atoms with E-state index in [1.807, 2.05) is 25.1 Å². The summed E-state index contributed by atoms with van der Waals surface area (Å²) in [7, 11) is 0. The monoisotopic (exact) mass is 172 g/mol. The minimum Gasteiger partial charge on any atom is -0.180 e. The number of azo groups is 1. The van der Waals surface area contributed by atoms with Crippen LogP contribution in [0.25, 0.3) is 0 Å². The van der Waals surface area contributed by atoms with Crippen LogP contribution in [0, 0.1) is 0 Å². The quantitative estimate of drug-likeness (QED) is 0.619. The van der Waals surface area contributed by atoms with Gasteiger partial charge in [0.15, 0.2) is 0 Å². The molecular weight excluding hydrogens is 160 g/mol. The predicted octanol–water partition coefficient (Wildman–Crippen LogP) is 3.49. The zero-order valence-corrected chi connectivity index (χ0v) is 7.64. The molecule has 66 valence electrons. The Morgan fingerprint density at radius 2 is 2.00 bits per heavy atom. The average Bonchev–Trinajstić information content (AvgIpc) is 2.20. The Morgan fingerprint density at radius 3 is 2.62 bits per heavy atom. The van der Waals surface area contributed by atoms with Crippen molar-refractivity contribution in [3.8, 4) is 0 Å². The zero-order valence-electron chi connectivity index (χ0n) is 7.64. The third-order valence-electron chi connectivity index (χ3n) is 2.18. The fourth-order valence-corrected chi connectivity index (χ4v) is 1.41. The van der Waals surface area contributed by atoms with Crippen molar-refractivity contribution in [3.63, 3.8) is 0 Å². The van der Waals surface area contributed by atoms with Crippen molar-refractivity contribution in [3.05, 3.63) is 47.7 Å². The van der Waals surface area contributed by atoms with Crippen molar-refractivity contribution in [2.75, 3.05) is 0 Å². The van der Waals surface area contributed by atoms with E-state index in [1.54, 1.807) is 0 Å². The summed E-state index contributed by atoms with van der Waals surface area (Å²) in [5, 5.41) is 8.31. The largest absolute Gasteiger partial charge is 0.180 e. The normalized spacial score (nSPS) is 21.3. The molecule has 0 fully saturated rings. The van der Waals surface area contributed by atoms with Crippen molar-refractivity contribution in [2.45, 2.75) is 19.4 Å². The van der Waals surface area contributed by atoms with Crippen LogP contribution in [0.2, 0.25) is 0 Å². The molecule has 1 atom stereocenters. The van der Waals surface area contributed by atoms with E-state index in [2.05, 4.69) is 28.4 Å². The van der Waals surface area contributed by atoms with Gasteiger partial charge in [0, 0.05) is 0 Å². The molecule has 1 heterocycles. The Hall–Kier alpha value is -1.44. The second kappa shape index (κ2) is 3.52. The molecule has 1 aromatic rings. The lowest BCUT2D eigenvalue weighted by molar-refractivity contribution is 0.664. The van der Waals surface area contributed by atoms with E-state index in [9.17, 15) is 0 Å². The number of nitrogens with zero attached hydrogens (tertiary/aromatic N) is 2. The van der Waals surface area contributed by atoms with E-state index in [0.717, 1.165) is 12.1 Å². The smallest absolute Gasteiger partial charge is 0.0997 e. The predicted molar refractivity (Wildman–Crippen MR) is 52.4 cm³/mol. The molecule has 0 aromatic heterocycles. The first-order valence-corrected chi connectivity index (χ1v) is 4.49. The molecule has 1 aliphatic rings. The molecule has 0 spiro atoms. The Labute approximate surface area is 78.0 Å². The van der Waals surface area contributed by atoms with Gasteiger partial charge in [0.05, 0.1) is 11.7 Å². The third-order valence-corrected chi connectivity index (χ3v) is 2.18. The minimum absolute atomic E-state index is 0.227. The summed E-state index contributed by atoms with van der Waals surface area (Å²) in [6, 6.07) is 10.5. The Morgan fingerprint density at radius 1 is 1.23 bits per heavy atom. The summed E-state index contributed by atoms with van der Waals surface area (Å²) in [6.45, 7) is 1.98. The van der Waals surface area contributed by atoms with Gasteiger partial charge in [-0.25, -0.2) is 0 Å². The lowest BCUT2D eigenvalue weighted by Crippen LogP contribution is -1.96. The van der Waals surface area contributed by atoms with Gasteiger partial charge in [-0.1, -0.05) is 36.4 Å². The van der Waals surface area contributed by atoms with Gasteiger partial charge in [0.25, 0.3) is 0 Å². The molecule has 1 aliphatic heterocycles. The Balaban J connectivity index is 2.18. The maximum absolute atomic E-state index is 4.24. The highest BCUT2D eigenvalue weighted by molar-refractivity contribution is 5.21. The van der Waals surface area contributed by atoms with Gasteiger partial charge in [0.1, 0.15) is 0 Å². The zero-order chi connectivity index (χ0) is 9.10. The number of allylic oxidation sites excluding steroid dienone is 1. The second-order valence-corrected chi connectivity index (χ2v) is 3.22. The van der Waals surface area contributed by atoms with Gasteiger partial charge in [-0.2, -0.15) is 10.2 Å². The first-order valence-electron chi connectivity index (χ1n) is 4.49. The molecule has 0 N–H and O–H groups in total. The standard InChI is InChI=1S/C11H12N2/c1-9-7-8-11(13-12-9)10-5-3-2-4-6-10/h2-7,11H,8H2,1H3. The summed E-state index contributed by atoms with van der Waals surface area (Å²) < 4.78 is 0. The van der Waals surface area contributed by atoms with Crippen molar-refractivity contribution in [2.24, 2.45) is 10.2 Å². The molecule has 0 amide bonds. The molecule has 0 bridgehead atoms. The lowest BCUT2D eigenvalue weighted by Gasteiger charge is -2.12.